The van der Waals surface area contributed by atoms with Gasteiger partial charge >= 0.3 is 11.9 Å². The first kappa shape index (κ1) is 35.1. The third-order valence-corrected chi connectivity index (χ3v) is 7.38. The summed E-state index contributed by atoms with van der Waals surface area (Å²) in [5, 5.41) is 0. The zero-order chi connectivity index (χ0) is 30.4. The summed E-state index contributed by atoms with van der Waals surface area (Å²) in [6.45, 7) is 10.7. The molecule has 0 atom stereocenters. The molecule has 42 heavy (non-hydrogen) atoms. The van der Waals surface area contributed by atoms with E-state index in [-0.39, 0.29) is 11.9 Å². The highest BCUT2D eigenvalue weighted by Crippen LogP contribution is 2.26. The van der Waals surface area contributed by atoms with Crippen molar-refractivity contribution in [1.82, 2.24) is 0 Å². The molecule has 0 heterocycles. The molecule has 0 saturated carbocycles. The van der Waals surface area contributed by atoms with Crippen molar-refractivity contribution in [2.45, 2.75) is 124 Å². The predicted octanol–water partition coefficient (Wildman–Crippen LogP) is 9.99. The first-order valence-electron chi connectivity index (χ1n) is 16.3. The van der Waals surface area contributed by atoms with Crippen molar-refractivity contribution in [1.29, 1.82) is 0 Å². The van der Waals surface area contributed by atoms with Gasteiger partial charge in [-0.05, 0) is 86.9 Å². The minimum absolute atomic E-state index is 0.294. The Bertz CT molecular complexity index is 1060. The van der Waals surface area contributed by atoms with Gasteiger partial charge in [-0.3, -0.25) is 0 Å². The number of benzene rings is 2. The van der Waals surface area contributed by atoms with Crippen LogP contribution in [0.2, 0.25) is 0 Å². The van der Waals surface area contributed by atoms with Crippen LogP contribution in [0.15, 0.2) is 54.6 Å². The molecule has 0 spiro atoms. The zero-order valence-corrected chi connectivity index (χ0v) is 26.5. The highest BCUT2D eigenvalue weighted by molar-refractivity contribution is 5.91. The molecule has 2 aromatic rings. The quantitative estimate of drug-likeness (QED) is 0.0568. The van der Waals surface area contributed by atoms with Gasteiger partial charge in [-0.25, -0.2) is 9.59 Å². The molecule has 5 nitrogen and oxygen atoms in total. The fraction of sp³-hybridized carbons (Fsp3) is 0.568. The molecule has 232 valence electrons. The molecule has 0 aliphatic rings. The van der Waals surface area contributed by atoms with Crippen LogP contribution in [0.25, 0.3) is 0 Å². The number of unbranched alkanes of at least 4 members (excludes halogenated alkanes) is 11. The average Bonchev–Trinajstić information content (AvgIpc) is 2.99. The topological polar surface area (TPSA) is 61.8 Å². The Morgan fingerprint density at radius 2 is 1.31 bits per heavy atom. The minimum atomic E-state index is -0.333. The fourth-order valence-electron chi connectivity index (χ4n) is 4.85. The zero-order valence-electron chi connectivity index (χ0n) is 26.5. The Kier molecular flexibility index (Phi) is 18.1. The molecular formula is C37H54O5. The Balaban J connectivity index is 1.83. The van der Waals surface area contributed by atoms with Crippen molar-refractivity contribution < 1.29 is 23.8 Å². The van der Waals surface area contributed by atoms with Gasteiger partial charge in [0.25, 0.3) is 0 Å². The molecule has 0 aliphatic heterocycles. The summed E-state index contributed by atoms with van der Waals surface area (Å²) in [4.78, 5) is 24.4. The van der Waals surface area contributed by atoms with Crippen LogP contribution in [0, 0.1) is 0 Å². The number of esters is 2. The van der Waals surface area contributed by atoms with Crippen molar-refractivity contribution in [3.8, 4) is 11.5 Å². The van der Waals surface area contributed by atoms with Crippen molar-refractivity contribution in [2.75, 3.05) is 13.2 Å². The van der Waals surface area contributed by atoms with Crippen LogP contribution >= 0.6 is 0 Å². The molecule has 0 saturated heterocycles. The van der Waals surface area contributed by atoms with E-state index >= 15 is 0 Å². The van der Waals surface area contributed by atoms with Crippen molar-refractivity contribution >= 4 is 11.9 Å². The Hall–Kier alpha value is -3.08. The molecule has 0 radical (unpaired) electrons. The summed E-state index contributed by atoms with van der Waals surface area (Å²) >= 11 is 0. The molecular weight excluding hydrogens is 524 g/mol. The lowest BCUT2D eigenvalue weighted by Crippen LogP contribution is -2.10. The van der Waals surface area contributed by atoms with E-state index in [1.165, 1.54) is 56.9 Å². The van der Waals surface area contributed by atoms with Crippen molar-refractivity contribution in [3.05, 3.63) is 71.3 Å². The predicted molar refractivity (Wildman–Crippen MR) is 173 cm³/mol. The van der Waals surface area contributed by atoms with Crippen molar-refractivity contribution in [3.63, 3.8) is 0 Å². The number of hydrogen-bond acceptors (Lipinski definition) is 5. The van der Waals surface area contributed by atoms with E-state index < -0.39 is 0 Å². The minimum Gasteiger partial charge on any atom is -0.494 e. The second-order valence-electron chi connectivity index (χ2n) is 11.4. The first-order chi connectivity index (χ1) is 20.4. The number of rotatable bonds is 23. The van der Waals surface area contributed by atoms with Crippen LogP contribution in [-0.4, -0.2) is 25.2 Å². The number of carbonyl (C=O) groups is 2. The normalized spacial score (nSPS) is 10.8. The lowest BCUT2D eigenvalue weighted by molar-refractivity contribution is -0.139. The standard InChI is InChI=1S/C37H54O5/c1-5-7-8-13-16-19-31-21-26-35(42-37(39)32-22-24-34(25-23-32)40-27-6-2)33(29-31)20-17-14-11-9-10-12-15-18-28-41-36(38)30(3)4/h21-26,29H,3,5-20,27-28H2,1-2,4H3. The molecule has 0 N–H and O–H groups in total. The van der Waals surface area contributed by atoms with Gasteiger partial charge in [-0.2, -0.15) is 0 Å². The Morgan fingerprint density at radius 1 is 0.690 bits per heavy atom. The lowest BCUT2D eigenvalue weighted by atomic mass is 9.99. The third kappa shape index (κ3) is 14.7. The molecule has 5 heteroatoms. The smallest absolute Gasteiger partial charge is 0.343 e. The molecule has 0 unspecified atom stereocenters. The Morgan fingerprint density at radius 3 is 1.95 bits per heavy atom. The average molecular weight is 579 g/mol. The van der Waals surface area contributed by atoms with Crippen LogP contribution in [0.1, 0.15) is 132 Å². The molecule has 2 rings (SSSR count). The van der Waals surface area contributed by atoms with Crippen LogP contribution in [0.5, 0.6) is 11.5 Å². The van der Waals surface area contributed by atoms with E-state index in [0.29, 0.717) is 30.1 Å². The highest BCUT2D eigenvalue weighted by atomic mass is 16.5. The van der Waals surface area contributed by atoms with Crippen LogP contribution in [0.4, 0.5) is 0 Å². The van der Waals surface area contributed by atoms with Crippen LogP contribution < -0.4 is 9.47 Å². The van der Waals surface area contributed by atoms with Gasteiger partial charge in [0.2, 0.25) is 0 Å². The molecule has 0 aliphatic carbocycles. The second kappa shape index (κ2) is 21.6. The van der Waals surface area contributed by atoms with E-state index in [0.717, 1.165) is 62.7 Å². The van der Waals surface area contributed by atoms with E-state index in [9.17, 15) is 9.59 Å². The van der Waals surface area contributed by atoms with Gasteiger partial charge in [0, 0.05) is 5.57 Å². The summed E-state index contributed by atoms with van der Waals surface area (Å²) in [5.41, 5.74) is 3.44. The SMILES string of the molecule is C=C(C)C(=O)OCCCCCCCCCCc1cc(CCCCCCC)ccc1OC(=O)c1ccc(OCCC)cc1. The summed E-state index contributed by atoms with van der Waals surface area (Å²) in [5.74, 6) is 0.812. The Labute approximate surface area is 255 Å². The van der Waals surface area contributed by atoms with Crippen LogP contribution in [0.3, 0.4) is 0 Å². The first-order valence-corrected chi connectivity index (χ1v) is 16.3. The maximum Gasteiger partial charge on any atom is 0.343 e. The molecule has 0 fully saturated rings. The largest absolute Gasteiger partial charge is 0.494 e. The maximum atomic E-state index is 13.0. The van der Waals surface area contributed by atoms with E-state index in [1.807, 2.05) is 18.2 Å². The summed E-state index contributed by atoms with van der Waals surface area (Å²) in [7, 11) is 0. The van der Waals surface area contributed by atoms with Gasteiger partial charge in [0.1, 0.15) is 11.5 Å². The van der Waals surface area contributed by atoms with Crippen LogP contribution in [-0.2, 0) is 22.4 Å². The van der Waals surface area contributed by atoms with Gasteiger partial charge in [0.15, 0.2) is 0 Å². The number of ether oxygens (including phenoxy) is 3. The van der Waals surface area contributed by atoms with E-state index in [4.69, 9.17) is 14.2 Å². The molecule has 0 amide bonds. The van der Waals surface area contributed by atoms with Gasteiger partial charge in [-0.15, -0.1) is 0 Å². The summed E-state index contributed by atoms with van der Waals surface area (Å²) in [6, 6.07) is 13.6. The molecule has 2 aromatic carbocycles. The lowest BCUT2D eigenvalue weighted by Gasteiger charge is -2.13. The monoisotopic (exact) mass is 578 g/mol. The van der Waals surface area contributed by atoms with Crippen molar-refractivity contribution in [2.24, 2.45) is 0 Å². The number of aryl methyl sites for hydroxylation is 2. The van der Waals surface area contributed by atoms with E-state index in [1.54, 1.807) is 19.1 Å². The van der Waals surface area contributed by atoms with Gasteiger partial charge in [-0.1, -0.05) is 96.8 Å². The summed E-state index contributed by atoms with van der Waals surface area (Å²) in [6.07, 6.45) is 18.2. The number of hydrogen-bond donors (Lipinski definition) is 0. The summed E-state index contributed by atoms with van der Waals surface area (Å²) < 4.78 is 16.7. The third-order valence-electron chi connectivity index (χ3n) is 7.38. The van der Waals surface area contributed by atoms with Gasteiger partial charge < -0.3 is 14.2 Å². The number of carbonyl (C=O) groups excluding carboxylic acids is 2. The molecule has 0 aromatic heterocycles. The van der Waals surface area contributed by atoms with Gasteiger partial charge in [0.05, 0.1) is 18.8 Å². The van der Waals surface area contributed by atoms with E-state index in [2.05, 4.69) is 32.6 Å². The second-order valence-corrected chi connectivity index (χ2v) is 11.4. The molecule has 0 bridgehead atoms. The highest BCUT2D eigenvalue weighted by Gasteiger charge is 2.13. The maximum absolute atomic E-state index is 13.0. The fourth-order valence-corrected chi connectivity index (χ4v) is 4.85.